The average Bonchev–Trinajstić information content (AvgIpc) is 2.31. The first-order valence-electron chi connectivity index (χ1n) is 2.50. The lowest BCUT2D eigenvalue weighted by molar-refractivity contribution is 0.597. The van der Waals surface area contributed by atoms with Crippen molar-refractivity contribution in [2.24, 2.45) is 0 Å². The molecule has 0 bridgehead atoms. The molecular formula is C4H5NO2S4. The summed E-state index contributed by atoms with van der Waals surface area (Å²) >= 11 is 5.17. The fourth-order valence-corrected chi connectivity index (χ4v) is 4.00. The minimum atomic E-state index is -3.17. The number of rotatable bonds is 2. The number of aromatic nitrogens is 1. The molecule has 0 N–H and O–H groups in total. The van der Waals surface area contributed by atoms with Crippen LogP contribution in [0.2, 0.25) is 0 Å². The minimum absolute atomic E-state index is 0.127. The van der Waals surface area contributed by atoms with Crippen LogP contribution in [0.3, 0.4) is 0 Å². The van der Waals surface area contributed by atoms with E-state index < -0.39 is 9.84 Å². The molecule has 0 spiro atoms. The van der Waals surface area contributed by atoms with E-state index in [0.29, 0.717) is 4.21 Å². The molecule has 0 aliphatic heterocycles. The van der Waals surface area contributed by atoms with E-state index in [4.69, 9.17) is 0 Å². The molecule has 0 unspecified atom stereocenters. The van der Waals surface area contributed by atoms with Crippen LogP contribution in [0.5, 0.6) is 0 Å². The number of sulfone groups is 1. The molecule has 0 atom stereocenters. The topological polar surface area (TPSA) is 47.0 Å². The number of hydrogen-bond acceptors (Lipinski definition) is 6. The molecule has 1 aromatic rings. The third-order valence-electron chi connectivity index (χ3n) is 0.938. The van der Waals surface area contributed by atoms with E-state index in [2.05, 4.69) is 16.6 Å². The summed E-state index contributed by atoms with van der Waals surface area (Å²) in [6.07, 6.45) is 1.13. The third-order valence-corrected chi connectivity index (χ3v) is 4.64. The Labute approximate surface area is 78.0 Å². The van der Waals surface area contributed by atoms with Gasteiger partial charge in [-0.05, 0) is 10.8 Å². The lowest BCUT2D eigenvalue weighted by Crippen LogP contribution is -1.97. The second-order valence-electron chi connectivity index (χ2n) is 1.81. The van der Waals surface area contributed by atoms with Crippen molar-refractivity contribution in [2.75, 3.05) is 6.26 Å². The van der Waals surface area contributed by atoms with Gasteiger partial charge in [0.25, 0.3) is 0 Å². The number of thiazole rings is 1. The first-order chi connectivity index (χ1) is 5.05. The van der Waals surface area contributed by atoms with Gasteiger partial charge in [-0.15, -0.1) is 23.0 Å². The van der Waals surface area contributed by atoms with Gasteiger partial charge in [0.05, 0.1) is 5.51 Å². The van der Waals surface area contributed by atoms with Crippen LogP contribution >= 0.6 is 33.8 Å². The second-order valence-corrected chi connectivity index (χ2v) is 5.99. The molecule has 11 heavy (non-hydrogen) atoms. The van der Waals surface area contributed by atoms with Crippen molar-refractivity contribution >= 4 is 43.6 Å². The van der Waals surface area contributed by atoms with Crippen LogP contribution in [-0.2, 0) is 9.84 Å². The number of nitrogens with zero attached hydrogens (tertiary/aromatic N) is 1. The van der Waals surface area contributed by atoms with Crippen molar-refractivity contribution in [3.05, 3.63) is 5.51 Å². The van der Waals surface area contributed by atoms with Crippen LogP contribution in [0.25, 0.3) is 0 Å². The Bertz CT molecular complexity index is 341. The third kappa shape index (κ3) is 2.11. The monoisotopic (exact) mass is 227 g/mol. The molecule has 7 heteroatoms. The molecular weight excluding hydrogens is 222 g/mol. The summed E-state index contributed by atoms with van der Waals surface area (Å²) in [6, 6.07) is 0. The van der Waals surface area contributed by atoms with Crippen LogP contribution in [0, 0.1) is 0 Å². The highest BCUT2D eigenvalue weighted by molar-refractivity contribution is 8.69. The Morgan fingerprint density at radius 3 is 2.73 bits per heavy atom. The molecule has 0 fully saturated rings. The van der Waals surface area contributed by atoms with Crippen LogP contribution in [0.15, 0.2) is 14.7 Å². The molecule has 1 aromatic heterocycles. The van der Waals surface area contributed by atoms with E-state index in [1.807, 2.05) is 0 Å². The lowest BCUT2D eigenvalue weighted by atomic mass is 11.0. The molecule has 3 nitrogen and oxygen atoms in total. The molecule has 0 radical (unpaired) electrons. The Morgan fingerprint density at radius 1 is 1.73 bits per heavy atom. The van der Waals surface area contributed by atoms with Gasteiger partial charge in [-0.1, -0.05) is 0 Å². The summed E-state index contributed by atoms with van der Waals surface area (Å²) < 4.78 is 22.6. The fourth-order valence-electron chi connectivity index (χ4n) is 0.533. The Kier molecular flexibility index (Phi) is 2.84. The fraction of sp³-hybridized carbons (Fsp3) is 0.250. The zero-order chi connectivity index (χ0) is 8.48. The molecule has 1 rings (SSSR count). The Balaban J connectivity index is 3.24. The lowest BCUT2D eigenvalue weighted by Gasteiger charge is -1.92. The Morgan fingerprint density at radius 2 is 2.36 bits per heavy atom. The average molecular weight is 227 g/mol. The van der Waals surface area contributed by atoms with E-state index in [0.717, 1.165) is 17.0 Å². The molecule has 0 aliphatic rings. The molecule has 0 aromatic carbocycles. The number of thiol groups is 1. The first-order valence-corrected chi connectivity index (χ1v) is 7.14. The van der Waals surface area contributed by atoms with Crippen LogP contribution in [0.4, 0.5) is 0 Å². The maximum atomic E-state index is 11.0. The molecule has 0 saturated heterocycles. The van der Waals surface area contributed by atoms with Crippen molar-refractivity contribution in [1.82, 2.24) is 4.98 Å². The van der Waals surface area contributed by atoms with E-state index in [-0.39, 0.29) is 5.03 Å². The number of hydrogen-bond donors (Lipinski definition) is 1. The van der Waals surface area contributed by atoms with Gasteiger partial charge in [0, 0.05) is 6.26 Å². The first kappa shape index (κ1) is 9.37. The highest BCUT2D eigenvalue weighted by atomic mass is 33.1. The van der Waals surface area contributed by atoms with Gasteiger partial charge in [0.15, 0.2) is 14.9 Å². The zero-order valence-electron chi connectivity index (χ0n) is 5.51. The van der Waals surface area contributed by atoms with Crippen molar-refractivity contribution in [1.29, 1.82) is 0 Å². The summed E-state index contributed by atoms with van der Waals surface area (Å²) in [5, 5.41) is 0.127. The predicted octanol–water partition coefficient (Wildman–Crippen LogP) is 1.48. The summed E-state index contributed by atoms with van der Waals surface area (Å²) in [4.78, 5) is 3.72. The second kappa shape index (κ2) is 3.34. The molecule has 62 valence electrons. The van der Waals surface area contributed by atoms with Gasteiger partial charge in [-0.3, -0.25) is 0 Å². The van der Waals surface area contributed by atoms with Crippen LogP contribution < -0.4 is 0 Å². The van der Waals surface area contributed by atoms with Crippen LogP contribution in [-0.4, -0.2) is 19.7 Å². The van der Waals surface area contributed by atoms with Crippen molar-refractivity contribution < 1.29 is 8.42 Å². The van der Waals surface area contributed by atoms with E-state index in [1.54, 1.807) is 0 Å². The Hall–Kier alpha value is 0.280. The van der Waals surface area contributed by atoms with Crippen LogP contribution in [0.1, 0.15) is 0 Å². The quantitative estimate of drug-likeness (QED) is 0.614. The highest BCUT2D eigenvalue weighted by Gasteiger charge is 2.15. The summed E-state index contributed by atoms with van der Waals surface area (Å²) in [5.74, 6) is 0. The highest BCUT2D eigenvalue weighted by Crippen LogP contribution is 2.31. The maximum Gasteiger partial charge on any atom is 0.194 e. The van der Waals surface area contributed by atoms with Gasteiger partial charge < -0.3 is 0 Å². The van der Waals surface area contributed by atoms with E-state index in [1.165, 1.54) is 16.8 Å². The van der Waals surface area contributed by atoms with Gasteiger partial charge in [0.1, 0.15) is 4.21 Å². The molecule has 1 heterocycles. The summed E-state index contributed by atoms with van der Waals surface area (Å²) in [6.45, 7) is 0. The molecule has 0 saturated carbocycles. The van der Waals surface area contributed by atoms with Gasteiger partial charge >= 0.3 is 0 Å². The predicted molar refractivity (Wildman–Crippen MR) is 50.1 cm³/mol. The largest absolute Gasteiger partial charge is 0.232 e. The maximum absolute atomic E-state index is 11.0. The van der Waals surface area contributed by atoms with Crippen molar-refractivity contribution in [3.8, 4) is 0 Å². The zero-order valence-corrected chi connectivity index (χ0v) is 8.86. The summed E-state index contributed by atoms with van der Waals surface area (Å²) in [7, 11) is -2.07. The van der Waals surface area contributed by atoms with Gasteiger partial charge in [-0.25, -0.2) is 13.4 Å². The standard InChI is InChI=1S/C4H5NO2S4/c1-11(6,7)3-4(10-8)9-2-5-3/h2,8H,1H3. The summed E-state index contributed by atoms with van der Waals surface area (Å²) in [5.41, 5.74) is 1.49. The normalized spacial score (nSPS) is 11.8. The SMILES string of the molecule is CS(=O)(=O)c1ncsc1SS. The molecule has 0 aliphatic carbocycles. The van der Waals surface area contributed by atoms with E-state index in [9.17, 15) is 8.42 Å². The van der Waals surface area contributed by atoms with Crippen molar-refractivity contribution in [3.63, 3.8) is 0 Å². The molecule has 0 amide bonds. The minimum Gasteiger partial charge on any atom is -0.232 e. The van der Waals surface area contributed by atoms with Crippen molar-refractivity contribution in [2.45, 2.75) is 9.24 Å². The van der Waals surface area contributed by atoms with Gasteiger partial charge in [0.2, 0.25) is 0 Å². The smallest absolute Gasteiger partial charge is 0.194 e. The van der Waals surface area contributed by atoms with E-state index >= 15 is 0 Å². The van der Waals surface area contributed by atoms with Gasteiger partial charge in [-0.2, -0.15) is 0 Å².